The van der Waals surface area contributed by atoms with Gasteiger partial charge in [-0.05, 0) is 11.6 Å². The Morgan fingerprint density at radius 3 is 2.88 bits per heavy atom. The second-order valence-electron chi connectivity index (χ2n) is 4.95. The summed E-state index contributed by atoms with van der Waals surface area (Å²) in [5.41, 5.74) is 8.51. The lowest BCUT2D eigenvalue weighted by atomic mass is 9.98. The molecule has 8 nitrogen and oxygen atoms in total. The standard InChI is InChI=1S/C14H15BrN4O4S/c1-17-8-4-3-7(15)5-10(8)24-14-13(22-2)11(18-19-16)12(21)9(6-20)23-14/h3-5,9,11-14,20-21H,6H2,2H3/t9?,11-,12-,13?,14+/m0/s1. The molecule has 1 aromatic rings. The maximum atomic E-state index is 10.2. The zero-order chi connectivity index (χ0) is 17.7. The van der Waals surface area contributed by atoms with Crippen molar-refractivity contribution in [1.29, 1.82) is 0 Å². The van der Waals surface area contributed by atoms with Crippen molar-refractivity contribution in [3.8, 4) is 0 Å². The molecule has 0 spiro atoms. The molecule has 1 aliphatic rings. The minimum atomic E-state index is -1.18. The highest BCUT2D eigenvalue weighted by Gasteiger charge is 2.45. The second kappa shape index (κ2) is 8.69. The van der Waals surface area contributed by atoms with Gasteiger partial charge < -0.3 is 19.7 Å². The molecule has 0 amide bonds. The summed E-state index contributed by atoms with van der Waals surface area (Å²) in [5, 5.41) is 23.2. The fourth-order valence-corrected chi connectivity index (χ4v) is 4.19. The largest absolute Gasteiger partial charge is 0.394 e. The lowest BCUT2D eigenvalue weighted by molar-refractivity contribution is -0.167. The first kappa shape index (κ1) is 19.0. The molecule has 0 aliphatic carbocycles. The van der Waals surface area contributed by atoms with Crippen LogP contribution in [-0.4, -0.2) is 53.7 Å². The molecule has 2 N–H and O–H groups in total. The lowest BCUT2D eigenvalue weighted by Gasteiger charge is -2.41. The molecular weight excluding hydrogens is 400 g/mol. The third-order valence-electron chi connectivity index (χ3n) is 3.57. The predicted molar refractivity (Wildman–Crippen MR) is 91.7 cm³/mol. The zero-order valence-electron chi connectivity index (χ0n) is 12.6. The Balaban J connectivity index is 2.35. The molecule has 1 heterocycles. The number of benzene rings is 1. The molecule has 128 valence electrons. The summed E-state index contributed by atoms with van der Waals surface area (Å²) in [6.45, 7) is 6.83. The monoisotopic (exact) mass is 414 g/mol. The first-order chi connectivity index (χ1) is 11.5. The number of thioether (sulfide) groups is 1. The number of aliphatic hydroxyl groups is 2. The molecule has 24 heavy (non-hydrogen) atoms. The van der Waals surface area contributed by atoms with Crippen molar-refractivity contribution in [2.24, 2.45) is 5.11 Å². The van der Waals surface area contributed by atoms with Crippen LogP contribution in [0.5, 0.6) is 0 Å². The van der Waals surface area contributed by atoms with Crippen LogP contribution >= 0.6 is 27.7 Å². The highest BCUT2D eigenvalue weighted by atomic mass is 79.9. The van der Waals surface area contributed by atoms with Crippen molar-refractivity contribution in [3.63, 3.8) is 0 Å². The number of rotatable bonds is 5. The molecule has 2 rings (SSSR count). The Labute approximate surface area is 151 Å². The SMILES string of the molecule is [C-]#[N+]c1ccc(Br)cc1S[C@H]1OC(CO)[C@H](O)[C@H](N=[N+]=[N-])C1OC. The molecule has 0 bridgehead atoms. The van der Waals surface area contributed by atoms with Gasteiger partial charge in [0.05, 0.1) is 25.3 Å². The van der Waals surface area contributed by atoms with Crippen molar-refractivity contribution in [2.75, 3.05) is 13.7 Å². The van der Waals surface area contributed by atoms with Crippen LogP contribution in [0.2, 0.25) is 0 Å². The van der Waals surface area contributed by atoms with Crippen LogP contribution in [0.1, 0.15) is 0 Å². The maximum absolute atomic E-state index is 10.2. The smallest absolute Gasteiger partial charge is 0.200 e. The summed E-state index contributed by atoms with van der Waals surface area (Å²) in [6, 6.07) is 4.30. The van der Waals surface area contributed by atoms with Gasteiger partial charge in [0.15, 0.2) is 0 Å². The second-order valence-corrected chi connectivity index (χ2v) is 7.01. The molecule has 1 saturated heterocycles. The van der Waals surface area contributed by atoms with E-state index < -0.39 is 36.4 Å². The fraction of sp³-hybridized carbons (Fsp3) is 0.500. The van der Waals surface area contributed by atoms with Crippen LogP contribution in [-0.2, 0) is 9.47 Å². The Morgan fingerprint density at radius 2 is 2.29 bits per heavy atom. The molecule has 0 aromatic heterocycles. The molecule has 1 fully saturated rings. The van der Waals surface area contributed by atoms with Crippen LogP contribution in [0.25, 0.3) is 15.3 Å². The summed E-state index contributed by atoms with van der Waals surface area (Å²) in [7, 11) is 1.42. The average Bonchev–Trinajstić information content (AvgIpc) is 2.58. The van der Waals surface area contributed by atoms with Crippen LogP contribution in [0, 0.1) is 6.57 Å². The number of methoxy groups -OCH3 is 1. The van der Waals surface area contributed by atoms with E-state index in [0.717, 1.165) is 4.47 Å². The van der Waals surface area contributed by atoms with Crippen molar-refractivity contribution in [2.45, 2.75) is 34.7 Å². The Bertz CT molecular complexity index is 679. The Kier molecular flexibility index (Phi) is 6.89. The first-order valence-corrected chi connectivity index (χ1v) is 8.58. The van der Waals surface area contributed by atoms with Crippen molar-refractivity contribution in [3.05, 3.63) is 44.5 Å². The van der Waals surface area contributed by atoms with Crippen molar-refractivity contribution >= 4 is 33.4 Å². The van der Waals surface area contributed by atoms with Crippen LogP contribution in [0.15, 0.2) is 32.7 Å². The van der Waals surface area contributed by atoms with E-state index in [1.807, 2.05) is 0 Å². The summed E-state index contributed by atoms with van der Waals surface area (Å²) in [6.07, 6.45) is -2.83. The van der Waals surface area contributed by atoms with Crippen LogP contribution < -0.4 is 0 Å². The highest BCUT2D eigenvalue weighted by Crippen LogP contribution is 2.40. The van der Waals surface area contributed by atoms with E-state index in [1.165, 1.54) is 18.9 Å². The van der Waals surface area contributed by atoms with Crippen LogP contribution in [0.3, 0.4) is 0 Å². The zero-order valence-corrected chi connectivity index (χ0v) is 15.0. The van der Waals surface area contributed by atoms with Gasteiger partial charge in [0.2, 0.25) is 5.69 Å². The number of hydrogen-bond acceptors (Lipinski definition) is 6. The minimum Gasteiger partial charge on any atom is -0.394 e. The molecule has 0 radical (unpaired) electrons. The van der Waals surface area contributed by atoms with Gasteiger partial charge in [-0.25, -0.2) is 4.85 Å². The number of ether oxygens (including phenoxy) is 2. The number of aliphatic hydroxyl groups excluding tert-OH is 2. The van der Waals surface area contributed by atoms with Gasteiger partial charge in [-0.3, -0.25) is 0 Å². The molecule has 1 aromatic carbocycles. The van der Waals surface area contributed by atoms with Gasteiger partial charge in [0.25, 0.3) is 0 Å². The van der Waals surface area contributed by atoms with Gasteiger partial charge in [0, 0.05) is 21.4 Å². The number of halogens is 1. The topological polar surface area (TPSA) is 112 Å². The predicted octanol–water partition coefficient (Wildman–Crippen LogP) is 2.86. The van der Waals surface area contributed by atoms with E-state index in [1.54, 1.807) is 18.2 Å². The van der Waals surface area contributed by atoms with Gasteiger partial charge in [-0.15, -0.1) is 11.8 Å². The van der Waals surface area contributed by atoms with Gasteiger partial charge >= 0.3 is 0 Å². The van der Waals surface area contributed by atoms with E-state index in [2.05, 4.69) is 30.8 Å². The molecule has 2 unspecified atom stereocenters. The van der Waals surface area contributed by atoms with Gasteiger partial charge in [-0.2, -0.15) is 0 Å². The first-order valence-electron chi connectivity index (χ1n) is 6.90. The van der Waals surface area contributed by atoms with Crippen molar-refractivity contribution in [1.82, 2.24) is 0 Å². The van der Waals surface area contributed by atoms with Crippen molar-refractivity contribution < 1.29 is 19.7 Å². The summed E-state index contributed by atoms with van der Waals surface area (Å²) >= 11 is 4.58. The Hall–Kier alpha value is -1.31. The minimum absolute atomic E-state index is 0.430. The third kappa shape index (κ3) is 4.02. The normalized spacial score (nSPS) is 29.5. The molecular formula is C14H15BrN4O4S. The number of azide groups is 1. The van der Waals surface area contributed by atoms with Gasteiger partial charge in [-0.1, -0.05) is 33.2 Å². The van der Waals surface area contributed by atoms with E-state index in [0.29, 0.717) is 10.6 Å². The van der Waals surface area contributed by atoms with Crippen LogP contribution in [0.4, 0.5) is 5.69 Å². The summed E-state index contributed by atoms with van der Waals surface area (Å²) in [5.74, 6) is 0. The molecule has 5 atom stereocenters. The fourth-order valence-electron chi connectivity index (χ4n) is 2.40. The van der Waals surface area contributed by atoms with E-state index in [9.17, 15) is 10.2 Å². The highest BCUT2D eigenvalue weighted by molar-refractivity contribution is 9.10. The molecule has 10 heteroatoms. The van der Waals surface area contributed by atoms with E-state index in [-0.39, 0.29) is 0 Å². The third-order valence-corrected chi connectivity index (χ3v) is 5.25. The lowest BCUT2D eigenvalue weighted by Crippen LogP contribution is -2.57. The van der Waals surface area contributed by atoms with E-state index in [4.69, 9.17) is 21.6 Å². The van der Waals surface area contributed by atoms with E-state index >= 15 is 0 Å². The summed E-state index contributed by atoms with van der Waals surface area (Å²) in [4.78, 5) is 6.87. The number of hydrogen-bond donors (Lipinski definition) is 2. The molecule has 0 saturated carbocycles. The maximum Gasteiger partial charge on any atom is 0.200 e. The Morgan fingerprint density at radius 1 is 1.54 bits per heavy atom. The molecule has 1 aliphatic heterocycles. The summed E-state index contributed by atoms with van der Waals surface area (Å²) < 4.78 is 11.9. The average molecular weight is 415 g/mol. The van der Waals surface area contributed by atoms with Gasteiger partial charge in [0.1, 0.15) is 17.6 Å². The quantitative estimate of drug-likeness (QED) is 0.332. The number of nitrogens with zero attached hydrogens (tertiary/aromatic N) is 4.